The molecule has 0 amide bonds. The first-order valence-electron chi connectivity index (χ1n) is 6.78. The first-order valence-corrected chi connectivity index (χ1v) is 8.80. The highest BCUT2D eigenvalue weighted by molar-refractivity contribution is 6.74. The van der Waals surface area contributed by atoms with Crippen LogP contribution in [0.4, 0.5) is 0 Å². The molecule has 0 radical (unpaired) electrons. The Hall–Kier alpha value is -0.203. The predicted molar refractivity (Wildman–Crippen MR) is 73.8 cm³/mol. The third-order valence-electron chi connectivity index (χ3n) is 2.91. The molecule has 0 spiro atoms. The number of ether oxygens (including phenoxy) is 2. The van der Waals surface area contributed by atoms with E-state index in [1.165, 1.54) is 0 Å². The Kier molecular flexibility index (Phi) is 7.10. The number of hydrogen-bond acceptors (Lipinski definition) is 4. The molecule has 0 saturated carbocycles. The first kappa shape index (κ1) is 15.9. The van der Waals surface area contributed by atoms with E-state index in [2.05, 4.69) is 6.58 Å². The topological polar surface area (TPSA) is 40.2 Å². The molecule has 1 unspecified atom stereocenters. The van der Waals surface area contributed by atoms with Crippen molar-refractivity contribution in [2.75, 3.05) is 33.0 Å². The van der Waals surface area contributed by atoms with Gasteiger partial charge in [0.1, 0.15) is 6.10 Å². The lowest BCUT2D eigenvalue weighted by molar-refractivity contribution is 0.113. The molecule has 0 N–H and O–H groups in total. The Bertz CT molecular complexity index is 247. The molecule has 5 heteroatoms. The van der Waals surface area contributed by atoms with Gasteiger partial charge >= 0.3 is 8.56 Å². The Morgan fingerprint density at radius 3 is 2.39 bits per heavy atom. The molecule has 1 heterocycles. The van der Waals surface area contributed by atoms with Gasteiger partial charge in [0.05, 0.1) is 13.2 Å². The summed E-state index contributed by atoms with van der Waals surface area (Å²) in [5.74, 6) is 0. The average Bonchev–Trinajstić information content (AvgIpc) is 3.12. The third-order valence-corrected chi connectivity index (χ3v) is 6.73. The minimum absolute atomic E-state index is 0.340. The van der Waals surface area contributed by atoms with Gasteiger partial charge in [0, 0.05) is 19.8 Å². The third kappa shape index (κ3) is 5.20. The number of hydrogen-bond donors (Lipinski definition) is 0. The summed E-state index contributed by atoms with van der Waals surface area (Å²) in [6.45, 7) is 13.7. The summed E-state index contributed by atoms with van der Waals surface area (Å²) < 4.78 is 22.5. The standard InChI is InChI=1S/C13H26O4Si/c1-5-16-18(12(3)4,17-6-2)9-7-8-14-10-13-11-15-13/h13H,3,5-11H2,1-2,4H3. The van der Waals surface area contributed by atoms with Crippen LogP contribution in [0, 0.1) is 0 Å². The number of allylic oxidation sites excluding steroid dienone is 1. The average molecular weight is 274 g/mol. The summed E-state index contributed by atoms with van der Waals surface area (Å²) in [5, 5.41) is 1.05. The van der Waals surface area contributed by atoms with Gasteiger partial charge in [0.2, 0.25) is 0 Å². The molecule has 1 atom stereocenters. The van der Waals surface area contributed by atoms with Crippen LogP contribution in [0.2, 0.25) is 6.04 Å². The molecule has 1 rings (SSSR count). The van der Waals surface area contributed by atoms with Gasteiger partial charge in [-0.1, -0.05) is 6.58 Å². The van der Waals surface area contributed by atoms with Crippen molar-refractivity contribution in [2.45, 2.75) is 39.3 Å². The highest BCUT2D eigenvalue weighted by atomic mass is 28.4. The summed E-state index contributed by atoms with van der Waals surface area (Å²) in [7, 11) is -2.24. The van der Waals surface area contributed by atoms with Gasteiger partial charge in [-0.25, -0.2) is 0 Å². The Labute approximate surface area is 112 Å². The molecule has 4 nitrogen and oxygen atoms in total. The fraction of sp³-hybridized carbons (Fsp3) is 0.846. The minimum Gasteiger partial charge on any atom is -0.391 e. The van der Waals surface area contributed by atoms with Crippen molar-refractivity contribution in [1.29, 1.82) is 0 Å². The van der Waals surface area contributed by atoms with Crippen molar-refractivity contribution in [3.63, 3.8) is 0 Å². The highest BCUT2D eigenvalue weighted by Gasteiger charge is 2.37. The van der Waals surface area contributed by atoms with Crippen LogP contribution in [0.15, 0.2) is 11.8 Å². The summed E-state index contributed by atoms with van der Waals surface area (Å²) >= 11 is 0. The molecule has 0 aromatic rings. The van der Waals surface area contributed by atoms with Crippen molar-refractivity contribution < 1.29 is 18.3 Å². The second-order valence-electron chi connectivity index (χ2n) is 4.53. The Morgan fingerprint density at radius 1 is 1.33 bits per heavy atom. The SMILES string of the molecule is C=C(C)[Si](CCCOCC1CO1)(OCC)OCC. The van der Waals surface area contributed by atoms with Crippen LogP contribution in [0.25, 0.3) is 0 Å². The smallest absolute Gasteiger partial charge is 0.367 e. The second kappa shape index (κ2) is 8.07. The molecule has 0 bridgehead atoms. The number of epoxide rings is 1. The van der Waals surface area contributed by atoms with E-state index in [0.29, 0.717) is 25.9 Å². The fourth-order valence-corrected chi connectivity index (χ4v) is 4.73. The molecular weight excluding hydrogens is 248 g/mol. The predicted octanol–water partition coefficient (Wildman–Crippen LogP) is 2.42. The van der Waals surface area contributed by atoms with Crippen LogP contribution in [-0.4, -0.2) is 47.7 Å². The summed E-state index contributed by atoms with van der Waals surface area (Å²) in [6, 6.07) is 0.912. The summed E-state index contributed by atoms with van der Waals surface area (Å²) in [5.41, 5.74) is 0. The van der Waals surface area contributed by atoms with E-state index >= 15 is 0 Å². The first-order chi connectivity index (χ1) is 8.64. The normalized spacial score (nSPS) is 18.9. The lowest BCUT2D eigenvalue weighted by Crippen LogP contribution is -2.44. The fourth-order valence-electron chi connectivity index (χ4n) is 1.90. The molecule has 106 valence electrons. The molecule has 1 aliphatic heterocycles. The van der Waals surface area contributed by atoms with E-state index in [-0.39, 0.29) is 0 Å². The molecule has 18 heavy (non-hydrogen) atoms. The summed E-state index contributed by atoms with van der Waals surface area (Å²) in [4.78, 5) is 0. The van der Waals surface area contributed by atoms with Gasteiger partial charge in [-0.3, -0.25) is 0 Å². The van der Waals surface area contributed by atoms with Gasteiger partial charge in [-0.05, 0) is 38.4 Å². The zero-order valence-corrected chi connectivity index (χ0v) is 12.9. The Morgan fingerprint density at radius 2 is 1.94 bits per heavy atom. The van der Waals surface area contributed by atoms with E-state index in [1.54, 1.807) is 0 Å². The zero-order chi connectivity index (χ0) is 13.4. The lowest BCUT2D eigenvalue weighted by Gasteiger charge is -2.30. The number of rotatable bonds is 11. The van der Waals surface area contributed by atoms with Crippen LogP contribution in [-0.2, 0) is 18.3 Å². The van der Waals surface area contributed by atoms with E-state index in [0.717, 1.165) is 30.9 Å². The van der Waals surface area contributed by atoms with Crippen LogP contribution in [0.3, 0.4) is 0 Å². The quantitative estimate of drug-likeness (QED) is 0.329. The maximum atomic E-state index is 5.91. The van der Waals surface area contributed by atoms with Crippen LogP contribution >= 0.6 is 0 Å². The molecule has 0 aliphatic carbocycles. The van der Waals surface area contributed by atoms with Gasteiger partial charge < -0.3 is 18.3 Å². The molecule has 1 saturated heterocycles. The maximum Gasteiger partial charge on any atom is 0.367 e. The van der Waals surface area contributed by atoms with Crippen molar-refractivity contribution in [1.82, 2.24) is 0 Å². The van der Waals surface area contributed by atoms with Gasteiger partial charge in [-0.15, -0.1) is 0 Å². The van der Waals surface area contributed by atoms with Crippen LogP contribution in [0.5, 0.6) is 0 Å². The van der Waals surface area contributed by atoms with E-state index in [1.807, 2.05) is 20.8 Å². The molecule has 0 aromatic carbocycles. The Balaban J connectivity index is 2.30. The maximum absolute atomic E-state index is 5.91. The van der Waals surface area contributed by atoms with Crippen molar-refractivity contribution >= 4 is 8.56 Å². The van der Waals surface area contributed by atoms with Gasteiger partial charge in [0.15, 0.2) is 0 Å². The molecular formula is C13H26O4Si. The van der Waals surface area contributed by atoms with Crippen molar-refractivity contribution in [3.8, 4) is 0 Å². The zero-order valence-electron chi connectivity index (χ0n) is 11.9. The summed E-state index contributed by atoms with van der Waals surface area (Å²) in [6.07, 6.45) is 1.29. The largest absolute Gasteiger partial charge is 0.391 e. The van der Waals surface area contributed by atoms with Crippen LogP contribution in [0.1, 0.15) is 27.2 Å². The van der Waals surface area contributed by atoms with Gasteiger partial charge in [-0.2, -0.15) is 0 Å². The monoisotopic (exact) mass is 274 g/mol. The molecule has 1 fully saturated rings. The molecule has 1 aliphatic rings. The van der Waals surface area contributed by atoms with E-state index in [9.17, 15) is 0 Å². The second-order valence-corrected chi connectivity index (χ2v) is 7.97. The molecule has 0 aromatic heterocycles. The lowest BCUT2D eigenvalue weighted by atomic mass is 10.5. The van der Waals surface area contributed by atoms with E-state index < -0.39 is 8.56 Å². The van der Waals surface area contributed by atoms with Gasteiger partial charge in [0.25, 0.3) is 0 Å². The van der Waals surface area contributed by atoms with Crippen molar-refractivity contribution in [3.05, 3.63) is 11.8 Å². The highest BCUT2D eigenvalue weighted by Crippen LogP contribution is 2.23. The van der Waals surface area contributed by atoms with Crippen LogP contribution < -0.4 is 0 Å². The van der Waals surface area contributed by atoms with Crippen molar-refractivity contribution in [2.24, 2.45) is 0 Å². The minimum atomic E-state index is -2.24. The van der Waals surface area contributed by atoms with E-state index in [4.69, 9.17) is 18.3 Å².